The van der Waals surface area contributed by atoms with E-state index in [1.54, 1.807) is 0 Å². The predicted octanol–water partition coefficient (Wildman–Crippen LogP) is 3.88. The lowest BCUT2D eigenvalue weighted by Crippen LogP contribution is -2.48. The van der Waals surface area contributed by atoms with Crippen molar-refractivity contribution in [3.05, 3.63) is 54.2 Å². The van der Waals surface area contributed by atoms with Gasteiger partial charge < -0.3 is 15.1 Å². The lowest BCUT2D eigenvalue weighted by Gasteiger charge is -2.39. The number of nitrogens with one attached hydrogen (secondary N) is 1. The minimum absolute atomic E-state index is 0.0288. The number of likely N-dealkylation sites (tertiary alicyclic amines) is 1. The highest BCUT2D eigenvalue weighted by molar-refractivity contribution is 5.96. The third-order valence-electron chi connectivity index (χ3n) is 7.80. The van der Waals surface area contributed by atoms with Crippen molar-refractivity contribution in [1.29, 1.82) is 0 Å². The lowest BCUT2D eigenvalue weighted by molar-refractivity contribution is -0.117. The maximum Gasteiger partial charge on any atom is 0.254 e. The molecule has 35 heavy (non-hydrogen) atoms. The first-order valence-electron chi connectivity index (χ1n) is 12.8. The second-order valence-corrected chi connectivity index (χ2v) is 11.7. The Balaban J connectivity index is 1.12. The fraction of sp³-hybridized carbons (Fsp3) is 0.536. The molecule has 7 heteroatoms. The van der Waals surface area contributed by atoms with Crippen LogP contribution in [-0.2, 0) is 4.79 Å². The van der Waals surface area contributed by atoms with Gasteiger partial charge in [0.05, 0.1) is 6.54 Å². The van der Waals surface area contributed by atoms with E-state index in [-0.39, 0.29) is 22.6 Å². The van der Waals surface area contributed by atoms with Gasteiger partial charge in [0.1, 0.15) is 5.82 Å². The first-order valence-corrected chi connectivity index (χ1v) is 12.8. The molecule has 1 aliphatic carbocycles. The lowest BCUT2D eigenvalue weighted by atomic mass is 9.65. The normalized spacial score (nSPS) is 26.0. The van der Waals surface area contributed by atoms with E-state index in [1.807, 2.05) is 48.7 Å². The minimum Gasteiger partial charge on any atom is -0.354 e. The quantitative estimate of drug-likeness (QED) is 0.711. The van der Waals surface area contributed by atoms with Gasteiger partial charge in [-0.1, -0.05) is 26.8 Å². The maximum absolute atomic E-state index is 13.3. The van der Waals surface area contributed by atoms with Crippen LogP contribution in [0.2, 0.25) is 0 Å². The molecule has 2 aliphatic heterocycles. The van der Waals surface area contributed by atoms with Gasteiger partial charge in [0, 0.05) is 56.2 Å². The third-order valence-corrected chi connectivity index (χ3v) is 7.80. The van der Waals surface area contributed by atoms with E-state index in [0.29, 0.717) is 18.2 Å². The van der Waals surface area contributed by atoms with Crippen molar-refractivity contribution >= 4 is 23.3 Å². The molecule has 1 N–H and O–H groups in total. The molecular weight excluding hydrogens is 438 g/mol. The molecule has 2 saturated heterocycles. The Hall–Kier alpha value is -2.93. The molecule has 2 bridgehead atoms. The standard InChI is InChI=1S/C28H37N5O2/c1-27(2)16-23-17-28(3,19-27)20-33(23)26(35)21-7-9-22(10-8-21)30-25(34)18-31-12-14-32(15-13-31)24-6-4-5-11-29-24/h4-11,23H,12-20H2,1-3H3,(H,30,34). The zero-order valence-electron chi connectivity index (χ0n) is 21.2. The van der Waals surface area contributed by atoms with Crippen LogP contribution in [-0.4, -0.2) is 71.9 Å². The van der Waals surface area contributed by atoms with Crippen LogP contribution in [0, 0.1) is 10.8 Å². The summed E-state index contributed by atoms with van der Waals surface area (Å²) in [5, 5.41) is 2.99. The molecule has 3 heterocycles. The van der Waals surface area contributed by atoms with Crippen LogP contribution < -0.4 is 10.2 Å². The Kier molecular flexibility index (Phi) is 6.30. The summed E-state index contributed by atoms with van der Waals surface area (Å²) in [6.07, 6.45) is 5.15. The molecule has 5 rings (SSSR count). The Bertz CT molecular complexity index is 1060. The fourth-order valence-corrected chi connectivity index (χ4v) is 6.64. The summed E-state index contributed by atoms with van der Waals surface area (Å²) in [7, 11) is 0. The van der Waals surface area contributed by atoms with Crippen molar-refractivity contribution in [2.75, 3.05) is 49.5 Å². The van der Waals surface area contributed by atoms with Crippen LogP contribution in [0.4, 0.5) is 11.5 Å². The average Bonchev–Trinajstić information content (AvgIpc) is 3.08. The summed E-state index contributed by atoms with van der Waals surface area (Å²) in [4.78, 5) is 36.8. The molecule has 2 amide bonds. The smallest absolute Gasteiger partial charge is 0.254 e. The van der Waals surface area contributed by atoms with Crippen LogP contribution in [0.1, 0.15) is 50.4 Å². The maximum atomic E-state index is 13.3. The molecule has 3 aliphatic rings. The van der Waals surface area contributed by atoms with Gasteiger partial charge in [-0.3, -0.25) is 14.5 Å². The van der Waals surface area contributed by atoms with Crippen molar-refractivity contribution in [2.24, 2.45) is 10.8 Å². The van der Waals surface area contributed by atoms with Crippen LogP contribution in [0.5, 0.6) is 0 Å². The Labute approximate surface area is 208 Å². The van der Waals surface area contributed by atoms with Gasteiger partial charge in [-0.05, 0) is 66.5 Å². The first kappa shape index (κ1) is 23.8. The highest BCUT2D eigenvalue weighted by Crippen LogP contribution is 2.52. The van der Waals surface area contributed by atoms with E-state index in [9.17, 15) is 9.59 Å². The first-order chi connectivity index (χ1) is 16.7. The summed E-state index contributed by atoms with van der Waals surface area (Å²) >= 11 is 0. The van der Waals surface area contributed by atoms with Gasteiger partial charge in [-0.2, -0.15) is 0 Å². The van der Waals surface area contributed by atoms with E-state index in [2.05, 4.69) is 45.8 Å². The number of carbonyl (C=O) groups is 2. The summed E-state index contributed by atoms with van der Waals surface area (Å²) in [6.45, 7) is 11.5. The zero-order valence-corrected chi connectivity index (χ0v) is 21.2. The third kappa shape index (κ3) is 5.35. The SMILES string of the molecule is CC1(C)CC2CC(C)(CN2C(=O)c2ccc(NC(=O)CN3CCN(c4ccccn4)CC3)cc2)C1. The number of rotatable bonds is 5. The number of amides is 2. The Morgan fingerprint density at radius 2 is 1.74 bits per heavy atom. The van der Waals surface area contributed by atoms with E-state index >= 15 is 0 Å². The number of hydrogen-bond donors (Lipinski definition) is 1. The largest absolute Gasteiger partial charge is 0.354 e. The predicted molar refractivity (Wildman–Crippen MR) is 139 cm³/mol. The number of pyridine rings is 1. The van der Waals surface area contributed by atoms with E-state index in [0.717, 1.165) is 57.1 Å². The highest BCUT2D eigenvalue weighted by Gasteiger charge is 2.51. The summed E-state index contributed by atoms with van der Waals surface area (Å²) in [5.41, 5.74) is 1.93. The molecule has 1 aromatic heterocycles. The molecule has 1 aromatic carbocycles. The average molecular weight is 476 g/mol. The molecule has 3 fully saturated rings. The van der Waals surface area contributed by atoms with E-state index < -0.39 is 0 Å². The van der Waals surface area contributed by atoms with Crippen molar-refractivity contribution in [3.63, 3.8) is 0 Å². The second-order valence-electron chi connectivity index (χ2n) is 11.7. The van der Waals surface area contributed by atoms with Crippen molar-refractivity contribution in [1.82, 2.24) is 14.8 Å². The Morgan fingerprint density at radius 3 is 2.43 bits per heavy atom. The molecule has 2 unspecified atom stereocenters. The number of hydrogen-bond acceptors (Lipinski definition) is 5. The molecule has 2 atom stereocenters. The highest BCUT2D eigenvalue weighted by atomic mass is 16.2. The number of fused-ring (bicyclic) bond motifs is 2. The number of piperazine rings is 1. The van der Waals surface area contributed by atoms with Crippen LogP contribution in [0.15, 0.2) is 48.7 Å². The number of aromatic nitrogens is 1. The molecule has 2 aromatic rings. The van der Waals surface area contributed by atoms with Gasteiger partial charge in [-0.15, -0.1) is 0 Å². The van der Waals surface area contributed by atoms with Gasteiger partial charge in [0.25, 0.3) is 5.91 Å². The molecule has 0 spiro atoms. The van der Waals surface area contributed by atoms with Crippen molar-refractivity contribution in [3.8, 4) is 0 Å². The summed E-state index contributed by atoms with van der Waals surface area (Å²) < 4.78 is 0. The van der Waals surface area contributed by atoms with Gasteiger partial charge in [0.2, 0.25) is 5.91 Å². The van der Waals surface area contributed by atoms with Crippen molar-refractivity contribution in [2.45, 2.75) is 46.1 Å². The molecule has 0 radical (unpaired) electrons. The van der Waals surface area contributed by atoms with Crippen molar-refractivity contribution < 1.29 is 9.59 Å². The Morgan fingerprint density at radius 1 is 1.00 bits per heavy atom. The minimum atomic E-state index is -0.0288. The van der Waals surface area contributed by atoms with Gasteiger partial charge in [-0.25, -0.2) is 4.98 Å². The summed E-state index contributed by atoms with van der Waals surface area (Å²) in [6, 6.07) is 13.7. The number of benzene rings is 1. The molecule has 7 nitrogen and oxygen atoms in total. The molecule has 1 saturated carbocycles. The fourth-order valence-electron chi connectivity index (χ4n) is 6.64. The monoisotopic (exact) mass is 475 g/mol. The summed E-state index contributed by atoms with van der Waals surface area (Å²) in [5.74, 6) is 1.07. The number of carbonyl (C=O) groups excluding carboxylic acids is 2. The number of nitrogens with zero attached hydrogens (tertiary/aromatic N) is 4. The van der Waals surface area contributed by atoms with Gasteiger partial charge in [0.15, 0.2) is 0 Å². The van der Waals surface area contributed by atoms with Crippen LogP contribution in [0.3, 0.4) is 0 Å². The van der Waals surface area contributed by atoms with E-state index in [1.165, 1.54) is 6.42 Å². The van der Waals surface area contributed by atoms with E-state index in [4.69, 9.17) is 0 Å². The second kappa shape index (κ2) is 9.26. The van der Waals surface area contributed by atoms with Crippen LogP contribution in [0.25, 0.3) is 0 Å². The topological polar surface area (TPSA) is 68.8 Å². The molecular formula is C28H37N5O2. The number of anilines is 2. The van der Waals surface area contributed by atoms with Gasteiger partial charge >= 0.3 is 0 Å². The molecule has 186 valence electrons. The zero-order chi connectivity index (χ0) is 24.6. The van der Waals surface area contributed by atoms with Crippen LogP contribution >= 0.6 is 0 Å².